The number of hydrogen-bond acceptors (Lipinski definition) is 5. The molecular formula is C28H38N4O3. The van der Waals surface area contributed by atoms with Gasteiger partial charge in [-0.25, -0.2) is 4.79 Å². The molecule has 0 saturated heterocycles. The minimum absolute atomic E-state index is 0.00647. The first-order valence-electron chi connectivity index (χ1n) is 13.6. The van der Waals surface area contributed by atoms with Gasteiger partial charge >= 0.3 is 5.69 Å². The van der Waals surface area contributed by atoms with Crippen LogP contribution in [0.4, 0.5) is 0 Å². The molecule has 7 nitrogen and oxygen atoms in total. The zero-order valence-electron chi connectivity index (χ0n) is 21.0. The number of nitrogens with zero attached hydrogens (tertiary/aromatic N) is 4. The van der Waals surface area contributed by atoms with Crippen LogP contribution in [0.25, 0.3) is 5.69 Å². The number of aliphatic hydroxyl groups is 1. The predicted molar refractivity (Wildman–Crippen MR) is 132 cm³/mol. The largest absolute Gasteiger partial charge is 0.390 e. The van der Waals surface area contributed by atoms with Crippen LogP contribution in [0.1, 0.15) is 71.6 Å². The van der Waals surface area contributed by atoms with Crippen molar-refractivity contribution in [1.29, 1.82) is 0 Å². The van der Waals surface area contributed by atoms with Crippen molar-refractivity contribution < 1.29 is 9.90 Å². The number of carbonyl (C=O) groups excluding carboxylic acids is 1. The van der Waals surface area contributed by atoms with Crippen molar-refractivity contribution in [3.63, 3.8) is 0 Å². The average molecular weight is 479 g/mol. The maximum absolute atomic E-state index is 13.6. The fraction of sp³-hybridized carbons (Fsp3) is 0.714. The highest BCUT2D eigenvalue weighted by molar-refractivity contribution is 5.82. The standard InChI is InChI=1S/C28H38N4O3/c1-27(35)14-12-20-18(16-27)8-9-22-21(20)13-15-28(2)23(22)10-11-24(28)25(33)17-31-26(34)32(30-29-31)19-6-4-3-5-7-19/h3-7,18,20-24,35H,8-17H2,1-2H3/t18-,20+,21-,22-,23+,24-,27-,28+/m1/s1. The molecule has 188 valence electrons. The Kier molecular flexibility index (Phi) is 5.55. The van der Waals surface area contributed by atoms with Gasteiger partial charge in [0.25, 0.3) is 0 Å². The van der Waals surface area contributed by atoms with E-state index in [0.717, 1.165) is 50.4 Å². The zero-order chi connectivity index (χ0) is 24.4. The molecule has 1 aromatic heterocycles. The second kappa shape index (κ2) is 8.39. The molecule has 0 radical (unpaired) electrons. The van der Waals surface area contributed by atoms with Gasteiger partial charge in [0.2, 0.25) is 0 Å². The van der Waals surface area contributed by atoms with Gasteiger partial charge in [-0.15, -0.1) is 0 Å². The summed E-state index contributed by atoms with van der Waals surface area (Å²) in [4.78, 5) is 26.4. The highest BCUT2D eigenvalue weighted by atomic mass is 16.3. The van der Waals surface area contributed by atoms with Crippen LogP contribution in [-0.2, 0) is 11.3 Å². The highest BCUT2D eigenvalue weighted by Gasteiger charge is 2.58. The summed E-state index contributed by atoms with van der Waals surface area (Å²) < 4.78 is 2.49. The van der Waals surface area contributed by atoms with Gasteiger partial charge < -0.3 is 5.11 Å². The van der Waals surface area contributed by atoms with Gasteiger partial charge in [-0.2, -0.15) is 9.36 Å². The zero-order valence-corrected chi connectivity index (χ0v) is 21.0. The molecular weight excluding hydrogens is 440 g/mol. The number of ketones is 1. The Bertz CT molecular complexity index is 1150. The molecule has 1 heterocycles. The summed E-state index contributed by atoms with van der Waals surface area (Å²) in [5.74, 6) is 3.60. The lowest BCUT2D eigenvalue weighted by atomic mass is 9.49. The van der Waals surface area contributed by atoms with Crippen LogP contribution in [0, 0.1) is 40.9 Å². The first kappa shape index (κ1) is 23.1. The third kappa shape index (κ3) is 3.81. The minimum atomic E-state index is -0.484. The van der Waals surface area contributed by atoms with Crippen LogP contribution in [0.5, 0.6) is 0 Å². The van der Waals surface area contributed by atoms with Crippen molar-refractivity contribution in [2.75, 3.05) is 0 Å². The van der Waals surface area contributed by atoms with Crippen LogP contribution in [0.15, 0.2) is 35.1 Å². The van der Waals surface area contributed by atoms with Crippen molar-refractivity contribution in [2.45, 2.75) is 83.8 Å². The van der Waals surface area contributed by atoms with Crippen LogP contribution in [-0.4, -0.2) is 36.3 Å². The maximum atomic E-state index is 13.6. The Morgan fingerprint density at radius 3 is 2.54 bits per heavy atom. The summed E-state index contributed by atoms with van der Waals surface area (Å²) in [6.07, 6.45) is 9.86. The van der Waals surface area contributed by atoms with E-state index < -0.39 is 5.60 Å². The molecule has 4 aliphatic carbocycles. The van der Waals surface area contributed by atoms with Crippen LogP contribution >= 0.6 is 0 Å². The van der Waals surface area contributed by atoms with E-state index in [2.05, 4.69) is 17.4 Å². The van der Waals surface area contributed by atoms with Gasteiger partial charge in [-0.1, -0.05) is 25.1 Å². The number of para-hydroxylation sites is 1. The van der Waals surface area contributed by atoms with E-state index in [9.17, 15) is 14.7 Å². The summed E-state index contributed by atoms with van der Waals surface area (Å²) in [6, 6.07) is 9.21. The molecule has 0 aliphatic heterocycles. The molecule has 0 spiro atoms. The van der Waals surface area contributed by atoms with E-state index in [1.807, 2.05) is 37.3 Å². The monoisotopic (exact) mass is 478 g/mol. The quantitative estimate of drug-likeness (QED) is 0.717. The van der Waals surface area contributed by atoms with Crippen LogP contribution in [0.2, 0.25) is 0 Å². The normalized spacial score (nSPS) is 40.5. The van der Waals surface area contributed by atoms with Crippen molar-refractivity contribution in [3.05, 3.63) is 40.8 Å². The van der Waals surface area contributed by atoms with Gasteiger partial charge in [0.05, 0.1) is 11.3 Å². The predicted octanol–water partition coefficient (Wildman–Crippen LogP) is 4.02. The minimum Gasteiger partial charge on any atom is -0.390 e. The lowest BCUT2D eigenvalue weighted by molar-refractivity contribution is -0.133. The smallest absolute Gasteiger partial charge is 0.368 e. The van der Waals surface area contributed by atoms with E-state index in [1.165, 1.54) is 28.6 Å². The van der Waals surface area contributed by atoms with E-state index >= 15 is 0 Å². The summed E-state index contributed by atoms with van der Waals surface area (Å²) in [7, 11) is 0. The topological polar surface area (TPSA) is 90.0 Å². The number of carbonyl (C=O) groups is 1. The Morgan fingerprint density at radius 1 is 0.971 bits per heavy atom. The number of aromatic nitrogens is 4. The number of tetrazole rings is 1. The second-order valence-corrected chi connectivity index (χ2v) is 12.5. The second-order valence-electron chi connectivity index (χ2n) is 12.5. The number of fused-ring (bicyclic) bond motifs is 5. The fourth-order valence-corrected chi connectivity index (χ4v) is 8.97. The molecule has 0 bridgehead atoms. The van der Waals surface area contributed by atoms with Crippen molar-refractivity contribution in [1.82, 2.24) is 19.8 Å². The van der Waals surface area contributed by atoms with Gasteiger partial charge in [0.15, 0.2) is 5.78 Å². The average Bonchev–Trinajstić information content (AvgIpc) is 3.38. The molecule has 7 heteroatoms. The van der Waals surface area contributed by atoms with Crippen LogP contribution in [0.3, 0.4) is 0 Å². The van der Waals surface area contributed by atoms with E-state index in [1.54, 1.807) is 0 Å². The molecule has 1 aromatic carbocycles. The SMILES string of the molecule is C[C@@]1(O)CC[C@H]2[C@H](CC[C@@H]3[C@@H]2CC[C@]2(C)[C@@H](C(=O)Cn4nnn(-c5ccccc5)c4=O)CC[C@@H]32)C1. The molecule has 35 heavy (non-hydrogen) atoms. The van der Waals surface area contributed by atoms with E-state index in [0.29, 0.717) is 23.4 Å². The van der Waals surface area contributed by atoms with E-state index in [4.69, 9.17) is 0 Å². The number of rotatable bonds is 4. The Labute approximate surface area is 206 Å². The third-order valence-corrected chi connectivity index (χ3v) is 10.6. The van der Waals surface area contributed by atoms with E-state index in [-0.39, 0.29) is 29.4 Å². The Hall–Kier alpha value is -2.28. The summed E-state index contributed by atoms with van der Waals surface area (Å²) in [5.41, 5.74) is -0.172. The van der Waals surface area contributed by atoms with Gasteiger partial charge in [0.1, 0.15) is 6.54 Å². The van der Waals surface area contributed by atoms with Crippen LogP contribution < -0.4 is 5.69 Å². The number of hydrogen-bond donors (Lipinski definition) is 1. The molecule has 4 fully saturated rings. The number of benzene rings is 1. The fourth-order valence-electron chi connectivity index (χ4n) is 8.97. The highest BCUT2D eigenvalue weighted by Crippen LogP contribution is 2.64. The molecule has 1 N–H and O–H groups in total. The molecule has 4 saturated carbocycles. The van der Waals surface area contributed by atoms with Gasteiger partial charge in [-0.3, -0.25) is 4.79 Å². The summed E-state index contributed by atoms with van der Waals surface area (Å²) in [5, 5.41) is 18.7. The summed E-state index contributed by atoms with van der Waals surface area (Å²) >= 11 is 0. The Balaban J connectivity index is 1.17. The first-order valence-corrected chi connectivity index (χ1v) is 13.6. The molecule has 0 amide bonds. The Morgan fingerprint density at radius 2 is 1.74 bits per heavy atom. The first-order chi connectivity index (χ1) is 16.8. The lowest BCUT2D eigenvalue weighted by Crippen LogP contribution is -2.51. The molecule has 0 unspecified atom stereocenters. The third-order valence-electron chi connectivity index (χ3n) is 10.6. The molecule has 4 aliphatic rings. The molecule has 8 atom stereocenters. The van der Waals surface area contributed by atoms with Gasteiger partial charge in [0, 0.05) is 5.92 Å². The maximum Gasteiger partial charge on any atom is 0.368 e. The summed E-state index contributed by atoms with van der Waals surface area (Å²) in [6.45, 7) is 4.38. The van der Waals surface area contributed by atoms with Crippen molar-refractivity contribution in [3.8, 4) is 5.69 Å². The van der Waals surface area contributed by atoms with Crippen molar-refractivity contribution >= 4 is 5.78 Å². The van der Waals surface area contributed by atoms with Crippen molar-refractivity contribution in [2.24, 2.45) is 40.9 Å². The van der Waals surface area contributed by atoms with Gasteiger partial charge in [-0.05, 0) is 122 Å². The lowest BCUT2D eigenvalue weighted by Gasteiger charge is -2.56. The number of Topliss-reactive ketones (excluding diaryl/α,β-unsaturated/α-hetero) is 1. The molecule has 2 aromatic rings. The molecule has 6 rings (SSSR count).